The van der Waals surface area contributed by atoms with Crippen LogP contribution < -0.4 is 10.5 Å². The summed E-state index contributed by atoms with van der Waals surface area (Å²) in [5.41, 5.74) is 0.207. The zero-order chi connectivity index (χ0) is 20.2. The maximum atomic E-state index is 14.0. The lowest BCUT2D eigenvalue weighted by atomic mass is 10.1. The fourth-order valence-corrected chi connectivity index (χ4v) is 3.33. The second kappa shape index (κ2) is 8.22. The van der Waals surface area contributed by atoms with Gasteiger partial charge < -0.3 is 9.80 Å². The van der Waals surface area contributed by atoms with Crippen molar-refractivity contribution in [1.29, 1.82) is 0 Å². The molecule has 29 heavy (non-hydrogen) atoms. The number of carbonyl (C=O) groups is 1. The van der Waals surface area contributed by atoms with Crippen molar-refractivity contribution in [3.8, 4) is 11.3 Å². The molecule has 0 bridgehead atoms. The smallest absolute Gasteiger partial charge is 0.267 e. The molecule has 3 aromatic rings. The minimum Gasteiger partial charge on any atom is -0.353 e. The van der Waals surface area contributed by atoms with Crippen molar-refractivity contribution in [2.24, 2.45) is 0 Å². The molecule has 4 rings (SSSR count). The van der Waals surface area contributed by atoms with Gasteiger partial charge in [-0.2, -0.15) is 5.10 Å². The molecule has 0 aliphatic carbocycles. The Hall–Kier alpha value is -3.55. The van der Waals surface area contributed by atoms with Crippen LogP contribution >= 0.6 is 0 Å². The van der Waals surface area contributed by atoms with Gasteiger partial charge in [0.15, 0.2) is 0 Å². The molecule has 0 saturated carbocycles. The zero-order valence-corrected chi connectivity index (χ0v) is 15.7. The van der Waals surface area contributed by atoms with Crippen molar-refractivity contribution in [3.63, 3.8) is 0 Å². The van der Waals surface area contributed by atoms with Crippen molar-refractivity contribution in [2.75, 3.05) is 31.1 Å². The molecule has 0 spiro atoms. The molecule has 0 unspecified atom stereocenters. The summed E-state index contributed by atoms with van der Waals surface area (Å²) < 4.78 is 15.1. The Labute approximate surface area is 167 Å². The second-order valence-electron chi connectivity index (χ2n) is 6.75. The molecule has 1 amide bonds. The van der Waals surface area contributed by atoms with E-state index in [1.807, 2.05) is 18.2 Å². The summed E-state index contributed by atoms with van der Waals surface area (Å²) in [6.45, 7) is 2.24. The summed E-state index contributed by atoms with van der Waals surface area (Å²) in [5.74, 6) is 0.267. The van der Waals surface area contributed by atoms with Gasteiger partial charge >= 0.3 is 0 Å². The van der Waals surface area contributed by atoms with E-state index in [4.69, 9.17) is 0 Å². The van der Waals surface area contributed by atoms with E-state index >= 15 is 0 Å². The first-order valence-corrected chi connectivity index (χ1v) is 9.38. The third-order valence-electron chi connectivity index (χ3n) is 4.91. The van der Waals surface area contributed by atoms with Crippen LogP contribution in [0.3, 0.4) is 0 Å². The van der Waals surface area contributed by atoms with Crippen molar-refractivity contribution in [3.05, 3.63) is 77.0 Å². The van der Waals surface area contributed by atoms with Gasteiger partial charge in [0.25, 0.3) is 5.56 Å². The normalized spacial score (nSPS) is 14.1. The summed E-state index contributed by atoms with van der Waals surface area (Å²) in [5, 5.41) is 4.20. The van der Waals surface area contributed by atoms with Gasteiger partial charge in [-0.05, 0) is 30.3 Å². The van der Waals surface area contributed by atoms with Gasteiger partial charge in [0.1, 0.15) is 18.2 Å². The molecule has 0 radical (unpaired) electrons. The van der Waals surface area contributed by atoms with E-state index < -0.39 is 11.4 Å². The summed E-state index contributed by atoms with van der Waals surface area (Å²) in [6.07, 6.45) is 1.74. The van der Waals surface area contributed by atoms with Crippen LogP contribution in [0.4, 0.5) is 10.2 Å². The Bertz CT molecular complexity index is 1060. The number of hydrogen-bond donors (Lipinski definition) is 0. The molecular formula is C21H20FN5O2. The molecule has 1 aliphatic rings. The van der Waals surface area contributed by atoms with Crippen LogP contribution in [-0.4, -0.2) is 51.8 Å². The highest BCUT2D eigenvalue weighted by Gasteiger charge is 2.22. The van der Waals surface area contributed by atoms with Gasteiger partial charge in [0, 0.05) is 44.0 Å². The van der Waals surface area contributed by atoms with Crippen molar-refractivity contribution in [1.82, 2.24) is 19.7 Å². The van der Waals surface area contributed by atoms with E-state index in [1.165, 1.54) is 18.2 Å². The van der Waals surface area contributed by atoms with E-state index in [9.17, 15) is 14.0 Å². The number of pyridine rings is 1. The Morgan fingerprint density at radius 2 is 1.72 bits per heavy atom. The van der Waals surface area contributed by atoms with Gasteiger partial charge in [-0.1, -0.05) is 18.2 Å². The number of piperazine rings is 1. The molecule has 2 aromatic heterocycles. The topological polar surface area (TPSA) is 71.3 Å². The van der Waals surface area contributed by atoms with Crippen LogP contribution in [0.2, 0.25) is 0 Å². The van der Waals surface area contributed by atoms with E-state index in [2.05, 4.69) is 15.0 Å². The van der Waals surface area contributed by atoms with E-state index in [0.717, 1.165) is 10.5 Å². The summed E-state index contributed by atoms with van der Waals surface area (Å²) in [7, 11) is 0. The number of anilines is 1. The molecule has 1 aromatic carbocycles. The fourth-order valence-electron chi connectivity index (χ4n) is 3.33. The summed E-state index contributed by atoms with van der Waals surface area (Å²) >= 11 is 0. The highest BCUT2D eigenvalue weighted by Crippen LogP contribution is 2.19. The molecule has 1 aliphatic heterocycles. The molecule has 1 saturated heterocycles. The minimum atomic E-state index is -0.429. The number of nitrogens with zero attached hydrogens (tertiary/aromatic N) is 5. The molecule has 8 heteroatoms. The highest BCUT2D eigenvalue weighted by molar-refractivity contribution is 5.76. The van der Waals surface area contributed by atoms with Gasteiger partial charge in [-0.3, -0.25) is 9.59 Å². The lowest BCUT2D eigenvalue weighted by molar-refractivity contribution is -0.132. The molecule has 3 heterocycles. The van der Waals surface area contributed by atoms with Gasteiger partial charge in [-0.25, -0.2) is 14.1 Å². The Morgan fingerprint density at radius 3 is 2.45 bits per heavy atom. The average molecular weight is 393 g/mol. The van der Waals surface area contributed by atoms with Gasteiger partial charge in [0.2, 0.25) is 5.91 Å². The van der Waals surface area contributed by atoms with Crippen LogP contribution in [0.1, 0.15) is 0 Å². The third-order valence-corrected chi connectivity index (χ3v) is 4.91. The number of halogens is 1. The van der Waals surface area contributed by atoms with E-state index in [0.29, 0.717) is 31.9 Å². The number of rotatable bonds is 4. The molecular weight excluding hydrogens is 373 g/mol. The lowest BCUT2D eigenvalue weighted by Crippen LogP contribution is -2.50. The number of carbonyl (C=O) groups excluding carboxylic acids is 1. The van der Waals surface area contributed by atoms with E-state index in [-0.39, 0.29) is 18.0 Å². The van der Waals surface area contributed by atoms with Gasteiger partial charge in [0.05, 0.1) is 5.69 Å². The monoisotopic (exact) mass is 393 g/mol. The highest BCUT2D eigenvalue weighted by atomic mass is 19.1. The Balaban J connectivity index is 1.44. The first kappa shape index (κ1) is 18.8. The van der Waals surface area contributed by atoms with Crippen molar-refractivity contribution in [2.45, 2.75) is 6.54 Å². The molecule has 1 fully saturated rings. The summed E-state index contributed by atoms with van der Waals surface area (Å²) in [6, 6.07) is 14.7. The largest absolute Gasteiger partial charge is 0.353 e. The lowest BCUT2D eigenvalue weighted by Gasteiger charge is -2.35. The number of benzene rings is 1. The SMILES string of the molecule is O=C(Cn1nc(-c2ccccc2F)ccc1=O)N1CCN(c2ccccn2)CC1. The summed E-state index contributed by atoms with van der Waals surface area (Å²) in [4.78, 5) is 33.0. The molecule has 0 N–H and O–H groups in total. The predicted octanol–water partition coefficient (Wildman–Crippen LogP) is 1.79. The first-order chi connectivity index (χ1) is 14.1. The molecule has 7 nitrogen and oxygen atoms in total. The number of amides is 1. The van der Waals surface area contributed by atoms with Crippen LogP contribution in [0, 0.1) is 5.82 Å². The Kier molecular flexibility index (Phi) is 5.33. The molecule has 148 valence electrons. The third kappa shape index (κ3) is 4.16. The van der Waals surface area contributed by atoms with Crippen molar-refractivity contribution < 1.29 is 9.18 Å². The zero-order valence-electron chi connectivity index (χ0n) is 15.7. The first-order valence-electron chi connectivity index (χ1n) is 9.38. The number of aromatic nitrogens is 3. The Morgan fingerprint density at radius 1 is 0.966 bits per heavy atom. The minimum absolute atomic E-state index is 0.176. The van der Waals surface area contributed by atoms with Crippen LogP contribution in [-0.2, 0) is 11.3 Å². The van der Waals surface area contributed by atoms with Crippen LogP contribution in [0.15, 0.2) is 65.6 Å². The van der Waals surface area contributed by atoms with E-state index in [1.54, 1.807) is 29.3 Å². The predicted molar refractivity (Wildman–Crippen MR) is 107 cm³/mol. The molecule has 0 atom stereocenters. The number of hydrogen-bond acceptors (Lipinski definition) is 5. The fraction of sp³-hybridized carbons (Fsp3) is 0.238. The average Bonchev–Trinajstić information content (AvgIpc) is 2.76. The maximum absolute atomic E-state index is 14.0. The van der Waals surface area contributed by atoms with Crippen LogP contribution in [0.25, 0.3) is 11.3 Å². The maximum Gasteiger partial charge on any atom is 0.267 e. The standard InChI is InChI=1S/C21H20FN5O2/c22-17-6-2-1-5-16(17)18-8-9-20(28)27(24-18)15-21(29)26-13-11-25(12-14-26)19-7-3-4-10-23-19/h1-10H,11-15H2. The van der Waals surface area contributed by atoms with Crippen molar-refractivity contribution >= 4 is 11.7 Å². The second-order valence-corrected chi connectivity index (χ2v) is 6.75. The quantitative estimate of drug-likeness (QED) is 0.676. The van der Waals surface area contributed by atoms with Gasteiger partial charge in [-0.15, -0.1) is 0 Å². The van der Waals surface area contributed by atoms with Crippen LogP contribution in [0.5, 0.6) is 0 Å².